The first-order valence-corrected chi connectivity index (χ1v) is 5.34. The highest BCUT2D eigenvalue weighted by Crippen LogP contribution is 2.57. The van der Waals surface area contributed by atoms with Crippen molar-refractivity contribution in [1.29, 1.82) is 0 Å². The van der Waals surface area contributed by atoms with Gasteiger partial charge in [-0.3, -0.25) is 15.1 Å². The van der Waals surface area contributed by atoms with Crippen molar-refractivity contribution in [2.24, 2.45) is 17.3 Å². The van der Waals surface area contributed by atoms with Crippen molar-refractivity contribution in [3.05, 3.63) is 11.8 Å². The Kier molecular flexibility index (Phi) is 2.46. The molecule has 2 rings (SSSR count). The molecule has 0 saturated heterocycles. The van der Waals surface area contributed by atoms with Crippen molar-refractivity contribution in [3.8, 4) is 0 Å². The minimum absolute atomic E-state index is 0.220. The first-order valence-electron chi connectivity index (χ1n) is 5.34. The molecule has 2 aliphatic rings. The van der Waals surface area contributed by atoms with Crippen LogP contribution in [0.25, 0.3) is 0 Å². The summed E-state index contributed by atoms with van der Waals surface area (Å²) in [6.45, 7) is 4.59. The molecule has 4 heteroatoms. The minimum Gasteiger partial charge on any atom is -0.481 e. The number of carbonyl (C=O) groups is 1. The molecule has 0 aliphatic heterocycles. The van der Waals surface area contributed by atoms with Gasteiger partial charge in [-0.2, -0.15) is 0 Å². The van der Waals surface area contributed by atoms with Crippen molar-refractivity contribution >= 4 is 5.97 Å². The molecule has 1 unspecified atom stereocenters. The lowest BCUT2D eigenvalue weighted by atomic mass is 10.1. The molecule has 0 aromatic carbocycles. The van der Waals surface area contributed by atoms with Crippen molar-refractivity contribution < 1.29 is 14.7 Å². The van der Waals surface area contributed by atoms with E-state index in [1.165, 1.54) is 12.8 Å². The maximum atomic E-state index is 10.8. The van der Waals surface area contributed by atoms with Crippen LogP contribution < -0.4 is 5.48 Å². The van der Waals surface area contributed by atoms with Gasteiger partial charge >= 0.3 is 5.97 Å². The molecule has 0 aromatic rings. The second-order valence-corrected chi connectivity index (χ2v) is 4.96. The molecule has 0 amide bonds. The van der Waals surface area contributed by atoms with Gasteiger partial charge in [-0.25, -0.2) is 0 Å². The van der Waals surface area contributed by atoms with Gasteiger partial charge in [0.25, 0.3) is 0 Å². The van der Waals surface area contributed by atoms with Gasteiger partial charge in [-0.1, -0.05) is 13.8 Å². The van der Waals surface area contributed by atoms with E-state index in [2.05, 4.69) is 5.48 Å². The fourth-order valence-electron chi connectivity index (χ4n) is 1.85. The van der Waals surface area contributed by atoms with Crippen LogP contribution in [0.15, 0.2) is 11.8 Å². The Morgan fingerprint density at radius 3 is 2.80 bits per heavy atom. The summed E-state index contributed by atoms with van der Waals surface area (Å²) in [6, 6.07) is 0. The number of aliphatic carboxylic acids is 1. The molecular weight excluding hydrogens is 194 g/mol. The van der Waals surface area contributed by atoms with Crippen LogP contribution in [-0.2, 0) is 9.63 Å². The highest BCUT2D eigenvalue weighted by Gasteiger charge is 2.57. The average molecular weight is 211 g/mol. The van der Waals surface area contributed by atoms with E-state index in [-0.39, 0.29) is 11.3 Å². The number of hydrogen-bond acceptors (Lipinski definition) is 3. The summed E-state index contributed by atoms with van der Waals surface area (Å²) in [5.74, 6) is -0.400. The smallest absolute Gasteiger partial charge is 0.311 e. The van der Waals surface area contributed by atoms with E-state index < -0.39 is 5.97 Å². The Bertz CT molecular complexity index is 305. The molecule has 0 radical (unpaired) electrons. The van der Waals surface area contributed by atoms with Crippen LogP contribution in [0.1, 0.15) is 26.7 Å². The molecule has 2 saturated carbocycles. The maximum absolute atomic E-state index is 10.8. The Morgan fingerprint density at radius 2 is 2.33 bits per heavy atom. The topological polar surface area (TPSA) is 58.6 Å². The summed E-state index contributed by atoms with van der Waals surface area (Å²) >= 11 is 0. The summed E-state index contributed by atoms with van der Waals surface area (Å²) in [5, 5.41) is 8.90. The molecule has 2 aliphatic carbocycles. The second-order valence-electron chi connectivity index (χ2n) is 4.96. The molecule has 2 N–H and O–H groups in total. The molecule has 1 atom stereocenters. The van der Waals surface area contributed by atoms with Crippen LogP contribution in [0.4, 0.5) is 0 Å². The standard InChI is InChI=1S/C11H17NO3/c1-11(2)8(9(11)10(13)14)5-12-15-6-7-3-4-7/h5,7,9,12H,3-4,6H2,1-2H3,(H,13,14). The first-order chi connectivity index (χ1) is 7.03. The summed E-state index contributed by atoms with van der Waals surface area (Å²) < 4.78 is 0. The minimum atomic E-state index is -0.754. The van der Waals surface area contributed by atoms with Gasteiger partial charge < -0.3 is 5.11 Å². The van der Waals surface area contributed by atoms with Crippen molar-refractivity contribution in [3.63, 3.8) is 0 Å². The molecular formula is C11H17NO3. The number of hydrogen-bond donors (Lipinski definition) is 2. The van der Waals surface area contributed by atoms with Crippen LogP contribution in [-0.4, -0.2) is 17.7 Å². The highest BCUT2D eigenvalue weighted by atomic mass is 16.6. The number of nitrogens with one attached hydrogen (secondary N) is 1. The van der Waals surface area contributed by atoms with Crippen molar-refractivity contribution in [1.82, 2.24) is 5.48 Å². The molecule has 0 heterocycles. The molecule has 0 bridgehead atoms. The largest absolute Gasteiger partial charge is 0.481 e. The third kappa shape index (κ3) is 2.15. The summed E-state index contributed by atoms with van der Waals surface area (Å²) in [6.07, 6.45) is 4.20. The van der Waals surface area contributed by atoms with Gasteiger partial charge in [0, 0.05) is 11.6 Å². The van der Waals surface area contributed by atoms with E-state index in [0.29, 0.717) is 5.92 Å². The van der Waals surface area contributed by atoms with Gasteiger partial charge in [-0.05, 0) is 24.3 Å². The van der Waals surface area contributed by atoms with E-state index in [4.69, 9.17) is 9.94 Å². The highest BCUT2D eigenvalue weighted by molar-refractivity contribution is 5.82. The molecule has 84 valence electrons. The Labute approximate surface area is 89.3 Å². The average Bonchev–Trinajstić information content (AvgIpc) is 2.98. The lowest BCUT2D eigenvalue weighted by Crippen LogP contribution is -2.09. The zero-order valence-corrected chi connectivity index (χ0v) is 9.12. The summed E-state index contributed by atoms with van der Waals surface area (Å²) in [5.41, 5.74) is 3.42. The van der Waals surface area contributed by atoms with Gasteiger partial charge in [0.1, 0.15) is 0 Å². The quantitative estimate of drug-likeness (QED) is 0.535. The Morgan fingerprint density at radius 1 is 1.67 bits per heavy atom. The maximum Gasteiger partial charge on any atom is 0.311 e. The molecule has 2 fully saturated rings. The lowest BCUT2D eigenvalue weighted by Gasteiger charge is -2.00. The Balaban J connectivity index is 1.77. The van der Waals surface area contributed by atoms with E-state index in [1.54, 1.807) is 6.20 Å². The van der Waals surface area contributed by atoms with Crippen LogP contribution in [0.5, 0.6) is 0 Å². The SMILES string of the molecule is CC1(C)C(=CNOCC2CC2)C1C(=O)O. The van der Waals surface area contributed by atoms with E-state index in [9.17, 15) is 4.79 Å². The van der Waals surface area contributed by atoms with Gasteiger partial charge in [-0.15, -0.1) is 0 Å². The van der Waals surface area contributed by atoms with Gasteiger partial charge in [0.2, 0.25) is 0 Å². The number of hydroxylamine groups is 1. The summed E-state index contributed by atoms with van der Waals surface area (Å²) in [4.78, 5) is 16.0. The number of rotatable bonds is 5. The zero-order chi connectivity index (χ0) is 11.1. The normalized spacial score (nSPS) is 30.3. The van der Waals surface area contributed by atoms with E-state index in [1.807, 2.05) is 13.8 Å². The predicted molar refractivity (Wildman–Crippen MR) is 54.8 cm³/mol. The van der Waals surface area contributed by atoms with Gasteiger partial charge in [0.15, 0.2) is 0 Å². The van der Waals surface area contributed by atoms with Crippen LogP contribution in [0, 0.1) is 17.3 Å². The zero-order valence-electron chi connectivity index (χ0n) is 9.12. The van der Waals surface area contributed by atoms with Crippen LogP contribution in [0.3, 0.4) is 0 Å². The molecule has 0 aromatic heterocycles. The monoisotopic (exact) mass is 211 g/mol. The predicted octanol–water partition coefficient (Wildman–Crippen LogP) is 1.54. The molecule has 0 spiro atoms. The third-order valence-corrected chi connectivity index (χ3v) is 3.25. The lowest BCUT2D eigenvalue weighted by molar-refractivity contribution is -0.139. The van der Waals surface area contributed by atoms with Crippen LogP contribution >= 0.6 is 0 Å². The first kappa shape index (κ1) is 10.5. The molecule has 15 heavy (non-hydrogen) atoms. The third-order valence-electron chi connectivity index (χ3n) is 3.25. The van der Waals surface area contributed by atoms with Crippen molar-refractivity contribution in [2.75, 3.05) is 6.61 Å². The number of carboxylic acid groups (broad SMARTS) is 1. The number of carboxylic acids is 1. The molecule has 4 nitrogen and oxygen atoms in total. The van der Waals surface area contributed by atoms with E-state index >= 15 is 0 Å². The summed E-state index contributed by atoms with van der Waals surface area (Å²) in [7, 11) is 0. The second kappa shape index (κ2) is 3.52. The van der Waals surface area contributed by atoms with Gasteiger partial charge in [0.05, 0.1) is 12.5 Å². The van der Waals surface area contributed by atoms with E-state index in [0.717, 1.165) is 12.2 Å². The fraction of sp³-hybridized carbons (Fsp3) is 0.727. The fourth-order valence-corrected chi connectivity index (χ4v) is 1.85. The van der Waals surface area contributed by atoms with Crippen molar-refractivity contribution in [2.45, 2.75) is 26.7 Å². The van der Waals surface area contributed by atoms with Crippen LogP contribution in [0.2, 0.25) is 0 Å². The Hall–Kier alpha value is -1.03.